The number of carboxylic acid groups (broad SMARTS) is 1. The number of aromatic carboxylic acids is 1. The summed E-state index contributed by atoms with van der Waals surface area (Å²) in [6.45, 7) is 2.28. The monoisotopic (exact) mass is 251 g/mol. The van der Waals surface area contributed by atoms with Crippen LogP contribution < -0.4 is 0 Å². The van der Waals surface area contributed by atoms with Crippen molar-refractivity contribution in [3.05, 3.63) is 46.5 Å². The zero-order chi connectivity index (χ0) is 12.4. The highest BCUT2D eigenvalue weighted by molar-refractivity contribution is 6.31. The fraction of sp³-hybridized carbons (Fsp3) is 0.182. The fourth-order valence-electron chi connectivity index (χ4n) is 1.45. The van der Waals surface area contributed by atoms with Crippen LogP contribution in [-0.4, -0.2) is 25.8 Å². The van der Waals surface area contributed by atoms with Gasteiger partial charge < -0.3 is 5.11 Å². The second-order valence-electron chi connectivity index (χ2n) is 3.61. The molecule has 2 rings (SSSR count). The van der Waals surface area contributed by atoms with Crippen molar-refractivity contribution in [2.24, 2.45) is 0 Å². The van der Waals surface area contributed by atoms with E-state index >= 15 is 0 Å². The summed E-state index contributed by atoms with van der Waals surface area (Å²) < 4.78 is 1.67. The molecule has 0 atom stereocenters. The van der Waals surface area contributed by atoms with E-state index in [0.717, 1.165) is 11.3 Å². The Labute approximate surface area is 103 Å². The molecule has 88 valence electrons. The smallest absolute Gasteiger partial charge is 0.354 e. The molecule has 0 saturated carbocycles. The van der Waals surface area contributed by atoms with Crippen LogP contribution in [0.25, 0.3) is 0 Å². The van der Waals surface area contributed by atoms with Gasteiger partial charge in [-0.3, -0.25) is 4.68 Å². The van der Waals surface area contributed by atoms with Gasteiger partial charge in [-0.1, -0.05) is 11.6 Å². The number of rotatable bonds is 3. The molecule has 0 bridgehead atoms. The number of hydrogen-bond donors (Lipinski definition) is 1. The van der Waals surface area contributed by atoms with Crippen LogP contribution in [0.1, 0.15) is 21.7 Å². The molecular weight excluding hydrogens is 242 g/mol. The minimum absolute atomic E-state index is 0.0254. The van der Waals surface area contributed by atoms with Crippen LogP contribution in [0.15, 0.2) is 24.5 Å². The quantitative estimate of drug-likeness (QED) is 0.906. The summed E-state index contributed by atoms with van der Waals surface area (Å²) in [4.78, 5) is 14.5. The van der Waals surface area contributed by atoms with E-state index in [-0.39, 0.29) is 5.69 Å². The topological polar surface area (TPSA) is 68.0 Å². The van der Waals surface area contributed by atoms with Gasteiger partial charge in [0.2, 0.25) is 0 Å². The lowest BCUT2D eigenvalue weighted by atomic mass is 10.2. The van der Waals surface area contributed by atoms with Gasteiger partial charge in [-0.15, -0.1) is 0 Å². The number of carboxylic acids is 1. The lowest BCUT2D eigenvalue weighted by molar-refractivity contribution is 0.0690. The molecule has 0 aromatic carbocycles. The Morgan fingerprint density at radius 3 is 2.94 bits per heavy atom. The molecule has 0 radical (unpaired) electrons. The van der Waals surface area contributed by atoms with Crippen molar-refractivity contribution in [1.82, 2.24) is 14.8 Å². The minimum Gasteiger partial charge on any atom is -0.477 e. The molecule has 0 aliphatic heterocycles. The van der Waals surface area contributed by atoms with Crippen LogP contribution in [0.3, 0.4) is 0 Å². The summed E-state index contributed by atoms with van der Waals surface area (Å²) in [5.74, 6) is -1.04. The lowest BCUT2D eigenvalue weighted by Gasteiger charge is -2.02. The van der Waals surface area contributed by atoms with Crippen LogP contribution in [0, 0.1) is 6.92 Å². The molecule has 6 heteroatoms. The van der Waals surface area contributed by atoms with Gasteiger partial charge in [0.05, 0.1) is 17.3 Å². The van der Waals surface area contributed by atoms with Crippen molar-refractivity contribution in [1.29, 1.82) is 0 Å². The van der Waals surface area contributed by atoms with Gasteiger partial charge in [0, 0.05) is 12.4 Å². The van der Waals surface area contributed by atoms with Crippen molar-refractivity contribution in [2.45, 2.75) is 13.5 Å². The van der Waals surface area contributed by atoms with E-state index in [1.807, 2.05) is 6.92 Å². The molecule has 0 aliphatic carbocycles. The highest BCUT2D eigenvalue weighted by Gasteiger charge is 2.07. The van der Waals surface area contributed by atoms with E-state index in [1.54, 1.807) is 16.9 Å². The van der Waals surface area contributed by atoms with Gasteiger partial charge in [-0.2, -0.15) is 5.10 Å². The maximum atomic E-state index is 10.8. The second kappa shape index (κ2) is 4.55. The first-order valence-corrected chi connectivity index (χ1v) is 5.32. The zero-order valence-electron chi connectivity index (χ0n) is 9.09. The van der Waals surface area contributed by atoms with Gasteiger partial charge in [-0.25, -0.2) is 9.78 Å². The average Bonchev–Trinajstić information content (AvgIpc) is 2.58. The highest BCUT2D eigenvalue weighted by atomic mass is 35.5. The summed E-state index contributed by atoms with van der Waals surface area (Å²) in [5.41, 5.74) is 1.59. The maximum absolute atomic E-state index is 10.8. The Balaban J connectivity index is 2.24. The Kier molecular flexibility index (Phi) is 3.10. The largest absolute Gasteiger partial charge is 0.477 e. The molecule has 2 aromatic heterocycles. The van der Waals surface area contributed by atoms with Crippen LogP contribution in [0.2, 0.25) is 5.02 Å². The first-order chi connectivity index (χ1) is 8.06. The number of halogens is 1. The number of carbonyl (C=O) groups is 1. The molecular formula is C11H10ClN3O2. The summed E-state index contributed by atoms with van der Waals surface area (Å²) in [6.07, 6.45) is 3.18. The number of hydrogen-bond acceptors (Lipinski definition) is 3. The van der Waals surface area contributed by atoms with Crippen molar-refractivity contribution in [2.75, 3.05) is 0 Å². The van der Waals surface area contributed by atoms with Crippen LogP contribution >= 0.6 is 11.6 Å². The summed E-state index contributed by atoms with van der Waals surface area (Å²) in [7, 11) is 0. The molecule has 17 heavy (non-hydrogen) atoms. The van der Waals surface area contributed by atoms with Gasteiger partial charge in [0.1, 0.15) is 5.69 Å². The highest BCUT2D eigenvalue weighted by Crippen LogP contribution is 2.13. The fourth-order valence-corrected chi connectivity index (χ4v) is 1.60. The zero-order valence-corrected chi connectivity index (χ0v) is 9.85. The lowest BCUT2D eigenvalue weighted by Crippen LogP contribution is -2.04. The minimum atomic E-state index is -1.04. The van der Waals surface area contributed by atoms with E-state index < -0.39 is 5.97 Å². The molecule has 0 fully saturated rings. The average molecular weight is 252 g/mol. The molecule has 0 aliphatic rings. The van der Waals surface area contributed by atoms with Crippen molar-refractivity contribution < 1.29 is 9.90 Å². The molecule has 0 saturated heterocycles. The predicted octanol–water partition coefficient (Wildman–Crippen LogP) is 1.99. The van der Waals surface area contributed by atoms with E-state index in [2.05, 4.69) is 10.1 Å². The Morgan fingerprint density at radius 2 is 2.35 bits per heavy atom. The van der Waals surface area contributed by atoms with Gasteiger partial charge in [-0.05, 0) is 24.6 Å². The molecule has 1 N–H and O–H groups in total. The molecule has 0 amide bonds. The van der Waals surface area contributed by atoms with Gasteiger partial charge in [0.25, 0.3) is 0 Å². The normalized spacial score (nSPS) is 10.5. The van der Waals surface area contributed by atoms with E-state index in [4.69, 9.17) is 16.7 Å². The van der Waals surface area contributed by atoms with Crippen LogP contribution in [0.4, 0.5) is 0 Å². The SMILES string of the molecule is Cc1nn(Cc2ccnc(C(=O)O)c2)cc1Cl. The maximum Gasteiger partial charge on any atom is 0.354 e. The number of aryl methyl sites for hydroxylation is 1. The third-order valence-corrected chi connectivity index (χ3v) is 2.65. The first kappa shape index (κ1) is 11.6. The van der Waals surface area contributed by atoms with E-state index in [0.29, 0.717) is 11.6 Å². The molecule has 5 nitrogen and oxygen atoms in total. The first-order valence-electron chi connectivity index (χ1n) is 4.94. The molecule has 2 heterocycles. The summed E-state index contributed by atoms with van der Waals surface area (Å²) >= 11 is 5.89. The predicted molar refractivity (Wildman–Crippen MR) is 62.3 cm³/mol. The Bertz CT molecular complexity index is 546. The van der Waals surface area contributed by atoms with Crippen LogP contribution in [0.5, 0.6) is 0 Å². The van der Waals surface area contributed by atoms with Crippen molar-refractivity contribution in [3.8, 4) is 0 Å². The molecule has 0 spiro atoms. The number of pyridine rings is 1. The number of aromatic nitrogens is 3. The molecule has 0 unspecified atom stereocenters. The summed E-state index contributed by atoms with van der Waals surface area (Å²) in [5, 5.41) is 13.6. The third-order valence-electron chi connectivity index (χ3n) is 2.27. The second-order valence-corrected chi connectivity index (χ2v) is 4.02. The Morgan fingerprint density at radius 1 is 1.59 bits per heavy atom. The van der Waals surface area contributed by atoms with E-state index in [9.17, 15) is 4.79 Å². The standard InChI is InChI=1S/C11H10ClN3O2/c1-7-9(12)6-15(14-7)5-8-2-3-13-10(4-8)11(16)17/h2-4,6H,5H2,1H3,(H,16,17). The Hall–Kier alpha value is -1.88. The third kappa shape index (κ3) is 2.62. The van der Waals surface area contributed by atoms with Crippen LogP contribution in [-0.2, 0) is 6.54 Å². The number of nitrogens with zero attached hydrogens (tertiary/aromatic N) is 3. The molecule has 2 aromatic rings. The van der Waals surface area contributed by atoms with E-state index in [1.165, 1.54) is 12.3 Å². The van der Waals surface area contributed by atoms with Crippen molar-refractivity contribution in [3.63, 3.8) is 0 Å². The van der Waals surface area contributed by atoms with Gasteiger partial charge >= 0.3 is 5.97 Å². The van der Waals surface area contributed by atoms with Gasteiger partial charge in [0.15, 0.2) is 0 Å². The van der Waals surface area contributed by atoms with Crippen molar-refractivity contribution >= 4 is 17.6 Å². The summed E-state index contributed by atoms with van der Waals surface area (Å²) in [6, 6.07) is 3.27.